The van der Waals surface area contributed by atoms with Crippen LogP contribution in [0.15, 0.2) is 0 Å². The zero-order valence-electron chi connectivity index (χ0n) is 15.3. The van der Waals surface area contributed by atoms with E-state index in [1.807, 2.05) is 0 Å². The summed E-state index contributed by atoms with van der Waals surface area (Å²) in [4.78, 5) is 0. The third-order valence-corrected chi connectivity index (χ3v) is 30.8. The van der Waals surface area contributed by atoms with E-state index in [4.69, 9.17) is 0 Å². The quantitative estimate of drug-likeness (QED) is 0.316. The van der Waals surface area contributed by atoms with Gasteiger partial charge in [0.1, 0.15) is 0 Å². The van der Waals surface area contributed by atoms with Crippen molar-refractivity contribution >= 4 is 16.1 Å². The zero-order chi connectivity index (χ0) is 15.3. The molecule has 1 aliphatic rings. The molecule has 0 atom stereocenters. The van der Waals surface area contributed by atoms with E-state index in [-0.39, 0.29) is 0 Å². The van der Waals surface area contributed by atoms with Crippen LogP contribution in [0.25, 0.3) is 0 Å². The van der Waals surface area contributed by atoms with Crippen LogP contribution in [0.1, 0.15) is 54.4 Å². The molecule has 0 radical (unpaired) electrons. The molecule has 1 aliphatic heterocycles. The fraction of sp³-hybridized carbons (Fsp3) is 1.00. The van der Waals surface area contributed by atoms with Crippen molar-refractivity contribution in [3.05, 3.63) is 0 Å². The minimum atomic E-state index is -1.07. The molecule has 3 heteroatoms. The minimum absolute atomic E-state index is 0.396. The van der Waals surface area contributed by atoms with Gasteiger partial charge >= 0.3 is 144 Å². The molecule has 0 aromatic heterocycles. The van der Waals surface area contributed by atoms with E-state index in [1.165, 1.54) is 0 Å². The first-order valence-electron chi connectivity index (χ1n) is 9.57. The van der Waals surface area contributed by atoms with Crippen LogP contribution in [-0.2, 0) is 24.6 Å². The van der Waals surface area contributed by atoms with Crippen molar-refractivity contribution in [2.24, 2.45) is 0 Å². The van der Waals surface area contributed by atoms with Gasteiger partial charge in [0.15, 0.2) is 0 Å². The van der Waals surface area contributed by atoms with Crippen LogP contribution < -0.4 is 0 Å². The number of hydrogen-bond acceptors (Lipinski definition) is 0. The summed E-state index contributed by atoms with van der Waals surface area (Å²) in [7, 11) is -2.14. The van der Waals surface area contributed by atoms with E-state index < -0.39 is 40.7 Å². The summed E-state index contributed by atoms with van der Waals surface area (Å²) in [6.07, 6.45) is 3.44. The molecule has 1 heterocycles. The first-order chi connectivity index (χ1) is 9.57. The molecule has 0 aliphatic carbocycles. The van der Waals surface area contributed by atoms with Crippen molar-refractivity contribution in [1.29, 1.82) is 0 Å². The number of rotatable bonds is 8. The summed E-state index contributed by atoms with van der Waals surface area (Å²) < 4.78 is 4.47. The summed E-state index contributed by atoms with van der Waals surface area (Å²) in [6.45, 7) is 15.4. The molecular weight excluding hydrogens is 461 g/mol. The topological polar surface area (TPSA) is 0 Å². The van der Waals surface area contributed by atoms with Crippen molar-refractivity contribution in [1.82, 2.24) is 0 Å². The molecule has 116 valence electrons. The fourth-order valence-corrected chi connectivity index (χ4v) is 37.4. The average molecular weight is 499 g/mol. The summed E-state index contributed by atoms with van der Waals surface area (Å²) >= 11 is -0.396. The molecule has 0 saturated carbocycles. The van der Waals surface area contributed by atoms with Crippen LogP contribution in [0.3, 0.4) is 0 Å². The van der Waals surface area contributed by atoms with Gasteiger partial charge in [0.05, 0.1) is 0 Å². The third-order valence-electron chi connectivity index (χ3n) is 7.80. The Hall–Kier alpha value is 1.37. The van der Waals surface area contributed by atoms with E-state index in [1.54, 1.807) is 57.0 Å². The van der Waals surface area contributed by atoms with Gasteiger partial charge in [-0.15, -0.1) is 0 Å². The van der Waals surface area contributed by atoms with Crippen molar-refractivity contribution in [3.63, 3.8) is 0 Å². The first kappa shape index (κ1) is 19.4. The molecule has 0 aromatic rings. The molecule has 0 nitrogen and oxygen atoms in total. The summed E-state index contributed by atoms with van der Waals surface area (Å²) in [5.74, 6) is 0. The second-order valence-electron chi connectivity index (χ2n) is 7.32. The predicted molar refractivity (Wildman–Crippen MR) is 95.9 cm³/mol. The standard InChI is InChI=1S/C17H38Si2.Hg/c1-9-17(10-2,18(11-3,12-4)13-5)19(14-6,15-7)16-8;/h1-2,9-16H2,3-8H3;. The van der Waals surface area contributed by atoms with Gasteiger partial charge in [-0.05, 0) is 0 Å². The van der Waals surface area contributed by atoms with Crippen LogP contribution in [0.2, 0.25) is 48.8 Å². The number of hydrogen-bond donors (Lipinski definition) is 0. The van der Waals surface area contributed by atoms with Crippen LogP contribution >= 0.6 is 0 Å². The van der Waals surface area contributed by atoms with Gasteiger partial charge in [-0.2, -0.15) is 0 Å². The Morgan fingerprint density at radius 1 is 0.650 bits per heavy atom. The second kappa shape index (κ2) is 8.29. The van der Waals surface area contributed by atoms with E-state index in [0.717, 1.165) is 4.66 Å². The molecule has 0 N–H and O–H groups in total. The van der Waals surface area contributed by atoms with Crippen LogP contribution in [0.5, 0.6) is 0 Å². The Morgan fingerprint density at radius 2 is 0.950 bits per heavy atom. The molecule has 1 rings (SSSR count). The second-order valence-corrected chi connectivity index (χ2v) is 27.3. The van der Waals surface area contributed by atoms with Gasteiger partial charge in [0.2, 0.25) is 0 Å². The Balaban J connectivity index is 3.41. The molecular formula is C17H38HgSi2. The molecule has 1 saturated heterocycles. The van der Waals surface area contributed by atoms with E-state index in [9.17, 15) is 0 Å². The Labute approximate surface area is 143 Å². The average Bonchev–Trinajstić information content (AvgIpc) is 2.53. The Morgan fingerprint density at radius 3 is 1.20 bits per heavy atom. The van der Waals surface area contributed by atoms with Gasteiger partial charge in [-0.25, -0.2) is 0 Å². The normalized spacial score (nSPS) is 19.3. The van der Waals surface area contributed by atoms with Crippen molar-refractivity contribution < 1.29 is 24.6 Å². The summed E-state index contributed by atoms with van der Waals surface area (Å²) in [5.41, 5.74) is 0. The summed E-state index contributed by atoms with van der Waals surface area (Å²) in [5, 5.41) is 0. The van der Waals surface area contributed by atoms with Gasteiger partial charge in [0.25, 0.3) is 0 Å². The molecule has 0 amide bonds. The fourth-order valence-electron chi connectivity index (χ4n) is 6.31. The van der Waals surface area contributed by atoms with Crippen LogP contribution in [0, 0.1) is 0 Å². The maximum absolute atomic E-state index is 2.57. The summed E-state index contributed by atoms with van der Waals surface area (Å²) in [6, 6.07) is 9.45. The molecule has 0 bridgehead atoms. The van der Waals surface area contributed by atoms with Crippen molar-refractivity contribution in [3.8, 4) is 0 Å². The molecule has 0 unspecified atom stereocenters. The van der Waals surface area contributed by atoms with Gasteiger partial charge < -0.3 is 0 Å². The molecule has 0 spiro atoms. The van der Waals surface area contributed by atoms with E-state index in [0.29, 0.717) is 0 Å². The van der Waals surface area contributed by atoms with Gasteiger partial charge in [-0.1, -0.05) is 0 Å². The van der Waals surface area contributed by atoms with Crippen molar-refractivity contribution in [2.45, 2.75) is 103 Å². The maximum atomic E-state index is 2.57. The SMILES string of the molecule is CC[Si](CC)(CC)C1([Si](CC)(CC)CC)C[CH2][Hg][CH2]C1. The van der Waals surface area contributed by atoms with Crippen LogP contribution in [-0.4, -0.2) is 16.1 Å². The first-order valence-corrected chi connectivity index (χ1v) is 22.6. The van der Waals surface area contributed by atoms with Crippen LogP contribution in [0.4, 0.5) is 0 Å². The Bertz CT molecular complexity index is 238. The van der Waals surface area contributed by atoms with Gasteiger partial charge in [-0.3, -0.25) is 0 Å². The van der Waals surface area contributed by atoms with Gasteiger partial charge in [0, 0.05) is 0 Å². The van der Waals surface area contributed by atoms with E-state index in [2.05, 4.69) is 41.5 Å². The van der Waals surface area contributed by atoms with Crippen molar-refractivity contribution in [2.75, 3.05) is 0 Å². The third kappa shape index (κ3) is 2.91. The van der Waals surface area contributed by atoms with E-state index >= 15 is 0 Å². The zero-order valence-corrected chi connectivity index (χ0v) is 22.8. The molecule has 20 heavy (non-hydrogen) atoms. The monoisotopic (exact) mass is 500 g/mol. The predicted octanol–water partition coefficient (Wildman–Crippen LogP) is 7.00. The molecule has 0 aromatic carbocycles. The molecule has 1 fully saturated rings. The Kier molecular flexibility index (Phi) is 8.04.